The minimum absolute atomic E-state index is 0.0792. The standard InChI is InChI=1S/C30H30F6N2O6S/c1-2-45(41,42)26-13-5-19(6-14-26)27(17-39)37-28(40)20-3-9-22(10-4-20)38-16-25(15-23(38)18-43-30(34,35)36)44-24-11-7-21(8-12-24)29(31,32)33/h3-14,23,25,27,39H,2,15-18H2,1H3,(H,37,40)/t23-,25+,27?/m0/s1. The lowest BCUT2D eigenvalue weighted by Crippen LogP contribution is -2.35. The zero-order valence-corrected chi connectivity index (χ0v) is 24.6. The van der Waals surface area contributed by atoms with E-state index in [0.29, 0.717) is 11.3 Å². The highest BCUT2D eigenvalue weighted by atomic mass is 32.2. The highest BCUT2D eigenvalue weighted by molar-refractivity contribution is 7.91. The molecule has 8 nitrogen and oxygen atoms in total. The van der Waals surface area contributed by atoms with E-state index in [0.717, 1.165) is 24.3 Å². The molecule has 3 aromatic carbocycles. The molecular formula is C30H30F6N2O6S. The van der Waals surface area contributed by atoms with Crippen LogP contribution in [0.3, 0.4) is 0 Å². The first-order valence-corrected chi connectivity index (χ1v) is 15.4. The molecule has 3 atom stereocenters. The summed E-state index contributed by atoms with van der Waals surface area (Å²) in [5.41, 5.74) is 0.241. The number of amides is 1. The number of aliphatic hydroxyl groups excluding tert-OH is 1. The lowest BCUT2D eigenvalue weighted by Gasteiger charge is -2.26. The van der Waals surface area contributed by atoms with Gasteiger partial charge >= 0.3 is 12.5 Å². The first-order chi connectivity index (χ1) is 21.1. The molecule has 0 spiro atoms. The second-order valence-electron chi connectivity index (χ2n) is 10.3. The van der Waals surface area contributed by atoms with Gasteiger partial charge in [-0.1, -0.05) is 19.1 Å². The van der Waals surface area contributed by atoms with Crippen molar-refractivity contribution in [2.75, 3.05) is 30.4 Å². The van der Waals surface area contributed by atoms with Gasteiger partial charge in [0.25, 0.3) is 5.91 Å². The molecule has 3 aromatic rings. The van der Waals surface area contributed by atoms with Crippen LogP contribution in [0, 0.1) is 0 Å². The normalized spacial score (nSPS) is 18.1. The molecule has 0 saturated carbocycles. The monoisotopic (exact) mass is 660 g/mol. The second kappa shape index (κ2) is 13.7. The number of carbonyl (C=O) groups excluding carboxylic acids is 1. The molecule has 0 bridgehead atoms. The summed E-state index contributed by atoms with van der Waals surface area (Å²) in [5.74, 6) is -0.520. The predicted octanol–water partition coefficient (Wildman–Crippen LogP) is 5.53. The molecule has 244 valence electrons. The van der Waals surface area contributed by atoms with Gasteiger partial charge in [0.2, 0.25) is 0 Å². The lowest BCUT2D eigenvalue weighted by atomic mass is 10.1. The van der Waals surface area contributed by atoms with E-state index in [1.807, 2.05) is 0 Å². The zero-order valence-electron chi connectivity index (χ0n) is 23.8. The summed E-state index contributed by atoms with van der Waals surface area (Å²) >= 11 is 0. The second-order valence-corrected chi connectivity index (χ2v) is 12.6. The Labute approximate surface area is 255 Å². The third kappa shape index (κ3) is 8.89. The molecule has 1 fully saturated rings. The Balaban J connectivity index is 1.45. The molecule has 45 heavy (non-hydrogen) atoms. The van der Waals surface area contributed by atoms with Crippen LogP contribution in [0.1, 0.15) is 40.9 Å². The van der Waals surface area contributed by atoms with E-state index in [1.54, 1.807) is 4.90 Å². The average molecular weight is 661 g/mol. The van der Waals surface area contributed by atoms with Crippen LogP contribution in [0.4, 0.5) is 32.0 Å². The molecule has 2 N–H and O–H groups in total. The van der Waals surface area contributed by atoms with Gasteiger partial charge in [0, 0.05) is 17.7 Å². The van der Waals surface area contributed by atoms with Crippen LogP contribution in [0.2, 0.25) is 0 Å². The molecular weight excluding hydrogens is 630 g/mol. The van der Waals surface area contributed by atoms with Gasteiger partial charge in [0.1, 0.15) is 11.9 Å². The summed E-state index contributed by atoms with van der Waals surface area (Å²) in [6.07, 6.45) is -10.0. The van der Waals surface area contributed by atoms with Crippen molar-refractivity contribution in [1.29, 1.82) is 0 Å². The van der Waals surface area contributed by atoms with Gasteiger partial charge in [0.15, 0.2) is 9.84 Å². The van der Waals surface area contributed by atoms with Crippen molar-refractivity contribution in [1.82, 2.24) is 5.32 Å². The largest absolute Gasteiger partial charge is 0.522 e. The van der Waals surface area contributed by atoms with Crippen LogP contribution in [0.15, 0.2) is 77.7 Å². The molecule has 0 radical (unpaired) electrons. The quantitative estimate of drug-likeness (QED) is 0.261. The maximum absolute atomic E-state index is 12.9. The topological polar surface area (TPSA) is 105 Å². The fraction of sp³-hybridized carbons (Fsp3) is 0.367. The van der Waals surface area contributed by atoms with Crippen LogP contribution >= 0.6 is 0 Å². The Morgan fingerprint density at radius 2 is 1.60 bits per heavy atom. The Morgan fingerprint density at radius 1 is 0.978 bits per heavy atom. The molecule has 1 heterocycles. The highest BCUT2D eigenvalue weighted by Crippen LogP contribution is 2.33. The maximum Gasteiger partial charge on any atom is 0.522 e. The number of anilines is 1. The molecule has 1 aliphatic rings. The van der Waals surface area contributed by atoms with E-state index in [1.165, 1.54) is 55.5 Å². The number of carbonyl (C=O) groups is 1. The van der Waals surface area contributed by atoms with Crippen molar-refractivity contribution in [3.8, 4) is 5.75 Å². The lowest BCUT2D eigenvalue weighted by molar-refractivity contribution is -0.325. The molecule has 1 unspecified atom stereocenters. The number of alkyl halides is 6. The summed E-state index contributed by atoms with van der Waals surface area (Å²) in [4.78, 5) is 14.7. The van der Waals surface area contributed by atoms with Crippen molar-refractivity contribution in [2.24, 2.45) is 0 Å². The summed E-state index contributed by atoms with van der Waals surface area (Å²) in [6, 6.07) is 14.0. The van der Waals surface area contributed by atoms with Crippen LogP contribution in [-0.2, 0) is 20.8 Å². The van der Waals surface area contributed by atoms with Crippen LogP contribution < -0.4 is 15.0 Å². The van der Waals surface area contributed by atoms with E-state index in [4.69, 9.17) is 4.74 Å². The van der Waals surface area contributed by atoms with Gasteiger partial charge in [-0.3, -0.25) is 9.53 Å². The number of benzene rings is 3. The molecule has 0 aliphatic carbocycles. The number of hydrogen-bond acceptors (Lipinski definition) is 7. The zero-order chi connectivity index (χ0) is 33.0. The highest BCUT2D eigenvalue weighted by Gasteiger charge is 2.38. The molecule has 1 aliphatic heterocycles. The number of ether oxygens (including phenoxy) is 2. The molecule has 4 rings (SSSR count). The minimum atomic E-state index is -4.88. The SMILES string of the molecule is CCS(=O)(=O)c1ccc(C(CO)NC(=O)c2ccc(N3C[C@H](Oc4ccc(C(F)(F)F)cc4)C[C@H]3COC(F)(F)F)cc2)cc1. The first kappa shape index (κ1) is 34.1. The number of sulfone groups is 1. The van der Waals surface area contributed by atoms with Crippen molar-refractivity contribution >= 4 is 21.4 Å². The third-order valence-electron chi connectivity index (χ3n) is 7.27. The van der Waals surface area contributed by atoms with Crippen LogP contribution in [0.25, 0.3) is 0 Å². The summed E-state index contributed by atoms with van der Waals surface area (Å²) in [7, 11) is -3.43. The summed E-state index contributed by atoms with van der Waals surface area (Å²) in [6.45, 7) is 0.406. The fourth-order valence-corrected chi connectivity index (χ4v) is 5.78. The van der Waals surface area contributed by atoms with Crippen LogP contribution in [0.5, 0.6) is 5.75 Å². The molecule has 1 amide bonds. The smallest absolute Gasteiger partial charge is 0.489 e. The molecule has 0 aromatic heterocycles. The van der Waals surface area contributed by atoms with Gasteiger partial charge in [-0.15, -0.1) is 13.2 Å². The Morgan fingerprint density at radius 3 is 2.13 bits per heavy atom. The number of halogens is 6. The predicted molar refractivity (Wildman–Crippen MR) is 152 cm³/mol. The van der Waals surface area contributed by atoms with Crippen molar-refractivity contribution < 1.29 is 54.1 Å². The Hall–Kier alpha value is -3.82. The molecule has 15 heteroatoms. The summed E-state index contributed by atoms with van der Waals surface area (Å²) < 4.78 is 111. The van der Waals surface area contributed by atoms with E-state index in [9.17, 15) is 44.7 Å². The van der Waals surface area contributed by atoms with Crippen LogP contribution in [-0.4, -0.2) is 63.5 Å². The average Bonchev–Trinajstić information content (AvgIpc) is 3.40. The number of hydrogen-bond donors (Lipinski definition) is 2. The van der Waals surface area contributed by atoms with Gasteiger partial charge in [0.05, 0.1) is 48.1 Å². The fourth-order valence-electron chi connectivity index (χ4n) is 4.89. The Bertz CT molecular complexity index is 1550. The Kier molecular flexibility index (Phi) is 10.3. The van der Waals surface area contributed by atoms with E-state index in [-0.39, 0.29) is 34.9 Å². The van der Waals surface area contributed by atoms with Gasteiger partial charge in [-0.25, -0.2) is 8.42 Å². The van der Waals surface area contributed by atoms with Crippen molar-refractivity contribution in [3.05, 3.63) is 89.5 Å². The van der Waals surface area contributed by atoms with Gasteiger partial charge < -0.3 is 20.1 Å². The number of rotatable bonds is 11. The molecule has 1 saturated heterocycles. The van der Waals surface area contributed by atoms with E-state index in [2.05, 4.69) is 10.1 Å². The minimum Gasteiger partial charge on any atom is -0.489 e. The van der Waals surface area contributed by atoms with Gasteiger partial charge in [-0.2, -0.15) is 13.2 Å². The van der Waals surface area contributed by atoms with Crippen molar-refractivity contribution in [3.63, 3.8) is 0 Å². The van der Waals surface area contributed by atoms with E-state index >= 15 is 0 Å². The van der Waals surface area contributed by atoms with Gasteiger partial charge in [-0.05, 0) is 66.2 Å². The van der Waals surface area contributed by atoms with E-state index < -0.39 is 65.2 Å². The number of nitrogens with zero attached hydrogens (tertiary/aromatic N) is 1. The maximum atomic E-state index is 12.9. The first-order valence-electron chi connectivity index (χ1n) is 13.8. The van der Waals surface area contributed by atoms with Crippen molar-refractivity contribution in [2.45, 2.75) is 49.0 Å². The number of nitrogens with one attached hydrogen (secondary N) is 1. The number of aliphatic hydroxyl groups is 1. The summed E-state index contributed by atoms with van der Waals surface area (Å²) in [5, 5.41) is 12.5. The third-order valence-corrected chi connectivity index (χ3v) is 9.02.